The van der Waals surface area contributed by atoms with Crippen molar-refractivity contribution in [2.75, 3.05) is 194 Å². The number of para-hydroxylation sites is 1. The highest BCUT2D eigenvalue weighted by molar-refractivity contribution is 5.63. The molecule has 126 heavy (non-hydrogen) atoms. The van der Waals surface area contributed by atoms with Gasteiger partial charge in [0.15, 0.2) is 29.0 Å². The summed E-state index contributed by atoms with van der Waals surface area (Å²) in [6, 6.07) is 53.9. The zero-order chi connectivity index (χ0) is 87.4. The van der Waals surface area contributed by atoms with Crippen molar-refractivity contribution >= 4 is 17.1 Å². The maximum Gasteiger partial charge on any atom is 0.190 e. The molecule has 21 nitrogen and oxygen atoms in total. The molecule has 6 atom stereocenters. The summed E-state index contributed by atoms with van der Waals surface area (Å²) in [5.74, 6) is 1.54. The number of hydrogen-bond donors (Lipinski definition) is 3. The second-order valence-electron chi connectivity index (χ2n) is 31.9. The number of nitrogens with one attached hydrogen (secondary N) is 3. The number of rotatable bonds is 42. The predicted octanol–water partition coefficient (Wildman–Crippen LogP) is 17.1. The fraction of sp³-hybridized carbons (Fsp3) is 0.455. The molecule has 0 unspecified atom stereocenters. The summed E-state index contributed by atoms with van der Waals surface area (Å²) < 4.78 is 167. The Bertz CT molecular complexity index is 4720. The van der Waals surface area contributed by atoms with Crippen LogP contribution in [-0.2, 0) is 48.2 Å². The van der Waals surface area contributed by atoms with E-state index >= 15 is 0 Å². The van der Waals surface area contributed by atoms with E-state index in [1.807, 2.05) is 36.4 Å². The highest BCUT2D eigenvalue weighted by Gasteiger charge is 2.32. The van der Waals surface area contributed by atoms with Crippen molar-refractivity contribution in [3.63, 3.8) is 0 Å². The van der Waals surface area contributed by atoms with Gasteiger partial charge in [-0.25, -0.2) is 26.3 Å². The first-order valence-electron chi connectivity index (χ1n) is 44.2. The fourth-order valence-electron chi connectivity index (χ4n) is 16.4. The van der Waals surface area contributed by atoms with Crippen molar-refractivity contribution in [1.29, 1.82) is 0 Å². The van der Waals surface area contributed by atoms with E-state index in [1.165, 1.54) is 53.1 Å². The maximum atomic E-state index is 13.7. The number of benzene rings is 9. The van der Waals surface area contributed by atoms with Gasteiger partial charge in [-0.2, -0.15) is 0 Å². The van der Waals surface area contributed by atoms with Crippen molar-refractivity contribution < 1.29 is 97.4 Å². The van der Waals surface area contributed by atoms with Crippen molar-refractivity contribution in [2.45, 2.75) is 114 Å². The van der Waals surface area contributed by atoms with Gasteiger partial charge in [-0.3, -0.25) is 0 Å². The van der Waals surface area contributed by atoms with E-state index < -0.39 is 34.9 Å². The summed E-state index contributed by atoms with van der Waals surface area (Å²) in [6.45, 7) is 18.7. The summed E-state index contributed by atoms with van der Waals surface area (Å²) in [5, 5.41) is 10.4. The summed E-state index contributed by atoms with van der Waals surface area (Å²) in [4.78, 5) is 7.11. The van der Waals surface area contributed by atoms with Gasteiger partial charge >= 0.3 is 0 Å². The van der Waals surface area contributed by atoms with Crippen LogP contribution in [0.15, 0.2) is 182 Å². The summed E-state index contributed by atoms with van der Waals surface area (Å²) >= 11 is 0. The largest absolute Gasteiger partial charge is 0.493 e. The molecule has 9 aromatic rings. The molecule has 27 heteroatoms. The van der Waals surface area contributed by atoms with Crippen molar-refractivity contribution in [2.24, 2.45) is 0 Å². The van der Waals surface area contributed by atoms with Crippen LogP contribution < -0.4 is 73.3 Å². The van der Waals surface area contributed by atoms with Crippen LogP contribution in [0.2, 0.25) is 0 Å². The maximum absolute atomic E-state index is 13.7. The second kappa shape index (κ2) is 49.8. The van der Waals surface area contributed by atoms with Gasteiger partial charge in [0.05, 0.1) is 114 Å². The molecular weight excluding hydrogens is 1630 g/mol. The minimum atomic E-state index is -0.917. The molecule has 0 aromatic heterocycles. The molecule has 6 aliphatic rings. The highest BCUT2D eigenvalue weighted by Crippen LogP contribution is 2.40. The summed E-state index contributed by atoms with van der Waals surface area (Å²) in [6.07, 6.45) is 7.77. The predicted molar refractivity (Wildman–Crippen MR) is 474 cm³/mol. The number of piperidine rings is 3. The Hall–Kier alpha value is -10.2. The molecule has 6 heterocycles. The molecule has 0 amide bonds. The molecule has 6 aliphatic heterocycles. The third-order valence-electron chi connectivity index (χ3n) is 23.0. The molecule has 0 bridgehead atoms. The van der Waals surface area contributed by atoms with Crippen LogP contribution >= 0.6 is 0 Å². The highest BCUT2D eigenvalue weighted by atomic mass is 19.2. The molecule has 0 aliphatic carbocycles. The smallest absolute Gasteiger partial charge is 0.190 e. The van der Waals surface area contributed by atoms with Crippen molar-refractivity contribution in [3.8, 4) is 51.7 Å². The summed E-state index contributed by atoms with van der Waals surface area (Å²) in [5.41, 5.74) is 10.5. The van der Waals surface area contributed by atoms with Crippen molar-refractivity contribution in [3.05, 3.63) is 250 Å². The Labute approximate surface area is 736 Å². The second-order valence-corrected chi connectivity index (χ2v) is 31.9. The van der Waals surface area contributed by atoms with Crippen LogP contribution in [0.5, 0.6) is 51.7 Å². The van der Waals surface area contributed by atoms with Crippen LogP contribution in [-0.4, -0.2) is 197 Å². The number of fused-ring (bicyclic) bond motifs is 3. The van der Waals surface area contributed by atoms with Crippen LogP contribution in [0.3, 0.4) is 0 Å². The Balaban J connectivity index is 0.000000162. The van der Waals surface area contributed by atoms with E-state index in [2.05, 4.69) is 122 Å². The summed E-state index contributed by atoms with van der Waals surface area (Å²) in [7, 11) is 5.21. The van der Waals surface area contributed by atoms with Crippen LogP contribution in [0, 0.1) is 34.9 Å². The Morgan fingerprint density at radius 1 is 0.325 bits per heavy atom. The average Bonchev–Trinajstić information content (AvgIpc) is 0.814. The number of methoxy groups -OCH3 is 3. The monoisotopic (exact) mass is 1750 g/mol. The SMILES string of the molecule is COCCCN1CCOc2ccc(CO[C@H]3CNCC[C@@H]3c3ccc(OCCCOc4c(F)cccc4F)cc3)cc21.COCCCN1CCOc2ccc(CO[C@H]3CNCC[C@@H]3c3ccc(OCCCOc4cc(F)cc(F)c4)cc3)cc21.COCCCN1CCOc2ccc(CO[C@H]3CNCC[C@@H]3c3ccc(OCCCOc4ccc(F)c(F)c4)cc3)cc21. The van der Waals surface area contributed by atoms with E-state index in [4.69, 9.17) is 71.1 Å². The van der Waals surface area contributed by atoms with E-state index in [0.717, 1.165) is 223 Å². The normalized spacial score (nSPS) is 18.3. The first-order chi connectivity index (χ1) is 61.8. The number of anilines is 3. The van der Waals surface area contributed by atoms with Gasteiger partial charge < -0.3 is 102 Å². The van der Waals surface area contributed by atoms with E-state index in [-0.39, 0.29) is 54.2 Å². The van der Waals surface area contributed by atoms with Gasteiger partial charge in [0, 0.05) is 142 Å². The van der Waals surface area contributed by atoms with Gasteiger partial charge in [0.2, 0.25) is 0 Å². The first-order valence-corrected chi connectivity index (χ1v) is 44.2. The Morgan fingerprint density at radius 2 is 0.667 bits per heavy atom. The molecule has 3 N–H and O–H groups in total. The van der Waals surface area contributed by atoms with Gasteiger partial charge in [-0.15, -0.1) is 0 Å². The molecule has 3 saturated heterocycles. The van der Waals surface area contributed by atoms with Gasteiger partial charge in [0.1, 0.15) is 77.5 Å². The van der Waals surface area contributed by atoms with Crippen LogP contribution in [0.4, 0.5) is 43.4 Å². The first kappa shape index (κ1) is 93.4. The van der Waals surface area contributed by atoms with Gasteiger partial charge in [-0.1, -0.05) is 60.7 Å². The third kappa shape index (κ3) is 28.1. The molecule has 15 rings (SSSR count). The molecule has 9 aromatic carbocycles. The number of hydrogen-bond acceptors (Lipinski definition) is 21. The number of halogens is 6. The molecular formula is C99H120F6N6O15. The zero-order valence-electron chi connectivity index (χ0n) is 72.5. The van der Waals surface area contributed by atoms with Gasteiger partial charge in [0.25, 0.3) is 0 Å². The molecule has 0 radical (unpaired) electrons. The molecule has 0 spiro atoms. The van der Waals surface area contributed by atoms with E-state index in [0.29, 0.717) is 97.7 Å². The minimum Gasteiger partial charge on any atom is -0.493 e. The van der Waals surface area contributed by atoms with Crippen LogP contribution in [0.1, 0.15) is 109 Å². The minimum absolute atomic E-state index is 0.0477. The average molecular weight is 1750 g/mol. The lowest BCUT2D eigenvalue weighted by molar-refractivity contribution is 0.0105. The fourth-order valence-corrected chi connectivity index (χ4v) is 16.4. The van der Waals surface area contributed by atoms with E-state index in [1.54, 1.807) is 21.3 Å². The number of ether oxygens (including phenoxy) is 15. The lowest BCUT2D eigenvalue weighted by Crippen LogP contribution is -2.41. The quantitative estimate of drug-likeness (QED) is 0.0242. The van der Waals surface area contributed by atoms with Crippen molar-refractivity contribution in [1.82, 2.24) is 16.0 Å². The standard InChI is InChI=1S/3C33H40F2N2O5/c1-38-16-2-14-37-15-19-41-32-11-4-24(20-31(32)37)23-42-33-22-36-13-12-28(33)25-5-7-26(8-6-25)39-17-3-18-40-27-9-10-29(34)30(35)21-27;1-38-14-2-12-37-13-17-41-32-9-4-24(18-31(32)37)23-42-33-22-36-11-10-30(33)25-5-7-28(8-6-25)39-15-3-16-40-29-20-26(34)19-27(35)21-29;1-38-17-3-15-37-16-20-40-31-12-7-24(21-30(31)37)23-42-32-22-36-14-13-27(32)25-8-10-26(11-9-25)39-18-4-19-41-33-28(34)5-2-6-29(33)35/h4-11,20-21,28,33,36H,2-3,12-19,22-23H2,1H3;4-9,18-21,30,33,36H,2-3,10-17,22-23H2,1H3;2,5-12,21,27,32,36H,3-4,13-20,22-23H2,1H3/t28-,33+;30-,33+;27-,32+/m111/s1. The van der Waals surface area contributed by atoms with Gasteiger partial charge in [-0.05, 0) is 189 Å². The molecule has 678 valence electrons. The van der Waals surface area contributed by atoms with E-state index in [9.17, 15) is 26.3 Å². The van der Waals surface area contributed by atoms with Crippen LogP contribution in [0.25, 0.3) is 0 Å². The zero-order valence-corrected chi connectivity index (χ0v) is 72.5. The molecule has 3 fully saturated rings. The lowest BCUT2D eigenvalue weighted by Gasteiger charge is -2.33. The third-order valence-corrected chi connectivity index (χ3v) is 23.0. The molecule has 0 saturated carbocycles. The Kier molecular flexibility index (Phi) is 36.9. The lowest BCUT2D eigenvalue weighted by atomic mass is 9.87. The Morgan fingerprint density at radius 3 is 1.02 bits per heavy atom. The topological polar surface area (TPSA) is 184 Å². The number of nitrogens with zero attached hydrogens (tertiary/aromatic N) is 3.